The van der Waals surface area contributed by atoms with Gasteiger partial charge in [0.25, 0.3) is 5.69 Å². The molecule has 2 heterocycles. The summed E-state index contributed by atoms with van der Waals surface area (Å²) in [5.74, 6) is 0.451. The first kappa shape index (κ1) is 14.9. The van der Waals surface area contributed by atoms with E-state index < -0.39 is 0 Å². The van der Waals surface area contributed by atoms with E-state index in [0.717, 1.165) is 24.2 Å². The Kier molecular flexibility index (Phi) is 3.37. The summed E-state index contributed by atoms with van der Waals surface area (Å²) < 4.78 is 1.92. The summed E-state index contributed by atoms with van der Waals surface area (Å²) in [5, 5.41) is 24.2. The molecule has 1 saturated carbocycles. The first-order valence-electron chi connectivity index (χ1n) is 8.22. The lowest BCUT2D eigenvalue weighted by Crippen LogP contribution is -2.08. The van der Waals surface area contributed by atoms with Gasteiger partial charge in [0, 0.05) is 18.3 Å². The van der Waals surface area contributed by atoms with Crippen LogP contribution in [0.1, 0.15) is 50.0 Å². The zero-order valence-corrected chi connectivity index (χ0v) is 13.6. The van der Waals surface area contributed by atoms with Gasteiger partial charge in [-0.25, -0.2) is 0 Å². The van der Waals surface area contributed by atoms with Crippen molar-refractivity contribution in [3.63, 3.8) is 0 Å². The van der Waals surface area contributed by atoms with Crippen molar-refractivity contribution in [3.05, 3.63) is 52.0 Å². The van der Waals surface area contributed by atoms with E-state index in [4.69, 9.17) is 5.10 Å². The highest BCUT2D eigenvalue weighted by atomic mass is 16.6. The number of hydrogen-bond donors (Lipinski definition) is 1. The minimum atomic E-state index is -0.335. The average Bonchev–Trinajstić information content (AvgIpc) is 3.09. The van der Waals surface area contributed by atoms with Crippen LogP contribution in [0.15, 0.2) is 30.5 Å². The van der Waals surface area contributed by atoms with Gasteiger partial charge in [-0.05, 0) is 44.7 Å². The smallest absolute Gasteiger partial charge is 0.277 e. The molecule has 1 N–H and O–H groups in total. The van der Waals surface area contributed by atoms with E-state index in [-0.39, 0.29) is 22.6 Å². The van der Waals surface area contributed by atoms with E-state index in [0.29, 0.717) is 16.8 Å². The molecule has 7 heteroatoms. The molecule has 124 valence electrons. The maximum absolute atomic E-state index is 11.4. The zero-order chi connectivity index (χ0) is 16.8. The van der Waals surface area contributed by atoms with Gasteiger partial charge in [-0.2, -0.15) is 10.2 Å². The molecule has 0 bridgehead atoms. The third-order valence-electron chi connectivity index (χ3n) is 4.66. The van der Waals surface area contributed by atoms with Crippen LogP contribution in [0, 0.1) is 16.0 Å². The van der Waals surface area contributed by atoms with Crippen molar-refractivity contribution in [2.45, 2.75) is 38.6 Å². The standard InChI is InChI=1S/C17H19N5O2/c1-10(2)21-9-8-13(20-21)15(11-6-7-11)17-16-12(18-19-17)4-3-5-14(16)22(23)24/h3-5,8-11,15H,6-7H2,1-2H3,(H,18,19). The number of nitrogens with one attached hydrogen (secondary N) is 1. The highest BCUT2D eigenvalue weighted by molar-refractivity contribution is 5.91. The lowest BCUT2D eigenvalue weighted by molar-refractivity contribution is -0.383. The lowest BCUT2D eigenvalue weighted by atomic mass is 9.93. The molecular formula is C17H19N5O2. The highest BCUT2D eigenvalue weighted by Crippen LogP contribution is 2.48. The quantitative estimate of drug-likeness (QED) is 0.571. The fourth-order valence-electron chi connectivity index (χ4n) is 3.30. The molecule has 0 aliphatic heterocycles. The number of nitrogens with zero attached hydrogens (tertiary/aromatic N) is 4. The van der Waals surface area contributed by atoms with Crippen molar-refractivity contribution in [1.29, 1.82) is 0 Å². The molecule has 7 nitrogen and oxygen atoms in total. The number of aromatic amines is 1. The second-order valence-corrected chi connectivity index (χ2v) is 6.70. The Balaban J connectivity index is 1.88. The van der Waals surface area contributed by atoms with E-state index >= 15 is 0 Å². The van der Waals surface area contributed by atoms with E-state index in [2.05, 4.69) is 24.0 Å². The Hall–Kier alpha value is -2.70. The number of hydrogen-bond acceptors (Lipinski definition) is 4. The molecule has 24 heavy (non-hydrogen) atoms. The van der Waals surface area contributed by atoms with Crippen molar-refractivity contribution in [2.75, 3.05) is 0 Å². The molecule has 1 atom stereocenters. The summed E-state index contributed by atoms with van der Waals surface area (Å²) in [5.41, 5.74) is 2.49. The van der Waals surface area contributed by atoms with Crippen LogP contribution < -0.4 is 0 Å². The Bertz CT molecular complexity index is 907. The van der Waals surface area contributed by atoms with Crippen molar-refractivity contribution in [1.82, 2.24) is 20.0 Å². The van der Waals surface area contributed by atoms with Crippen molar-refractivity contribution in [2.24, 2.45) is 5.92 Å². The van der Waals surface area contributed by atoms with Crippen LogP contribution >= 0.6 is 0 Å². The van der Waals surface area contributed by atoms with Crippen LogP contribution in [0.2, 0.25) is 0 Å². The maximum Gasteiger partial charge on any atom is 0.280 e. The summed E-state index contributed by atoms with van der Waals surface area (Å²) in [6, 6.07) is 7.34. The topological polar surface area (TPSA) is 89.6 Å². The number of benzene rings is 1. The van der Waals surface area contributed by atoms with Gasteiger partial charge in [-0.3, -0.25) is 19.9 Å². The van der Waals surface area contributed by atoms with Crippen LogP contribution in [0.5, 0.6) is 0 Å². The summed E-state index contributed by atoms with van der Waals surface area (Å²) >= 11 is 0. The van der Waals surface area contributed by atoms with Crippen LogP contribution in [0.4, 0.5) is 5.69 Å². The molecule has 1 fully saturated rings. The number of nitro groups is 1. The van der Waals surface area contributed by atoms with Gasteiger partial charge in [-0.15, -0.1) is 0 Å². The largest absolute Gasteiger partial charge is 0.280 e. The number of rotatable bonds is 5. The van der Waals surface area contributed by atoms with E-state index in [1.165, 1.54) is 6.07 Å². The van der Waals surface area contributed by atoms with Gasteiger partial charge in [0.05, 0.1) is 27.7 Å². The number of non-ortho nitro benzene ring substituents is 1. The van der Waals surface area contributed by atoms with Crippen LogP contribution in [-0.4, -0.2) is 24.9 Å². The number of H-pyrrole nitrogens is 1. The predicted molar refractivity (Wildman–Crippen MR) is 89.9 cm³/mol. The predicted octanol–water partition coefficient (Wildman–Crippen LogP) is 3.79. The van der Waals surface area contributed by atoms with Gasteiger partial charge >= 0.3 is 0 Å². The molecule has 4 rings (SSSR count). The van der Waals surface area contributed by atoms with Crippen molar-refractivity contribution in [3.8, 4) is 0 Å². The fraction of sp³-hybridized carbons (Fsp3) is 0.412. The molecule has 1 aliphatic carbocycles. The van der Waals surface area contributed by atoms with Crippen LogP contribution in [-0.2, 0) is 0 Å². The first-order valence-corrected chi connectivity index (χ1v) is 8.22. The monoisotopic (exact) mass is 325 g/mol. The Labute approximate surface area is 138 Å². The molecule has 3 aromatic rings. The second-order valence-electron chi connectivity index (χ2n) is 6.70. The minimum Gasteiger partial charge on any atom is -0.277 e. The van der Waals surface area contributed by atoms with Gasteiger partial charge in [-0.1, -0.05) is 6.07 Å². The second kappa shape index (κ2) is 5.43. The lowest BCUT2D eigenvalue weighted by Gasteiger charge is -2.12. The normalized spacial score (nSPS) is 16.0. The molecule has 0 amide bonds. The van der Waals surface area contributed by atoms with E-state index in [1.807, 2.05) is 23.0 Å². The number of nitro benzene ring substituents is 1. The van der Waals surface area contributed by atoms with Gasteiger partial charge in [0.2, 0.25) is 0 Å². The molecule has 1 aromatic carbocycles. The minimum absolute atomic E-state index is 0.000139. The van der Waals surface area contributed by atoms with Crippen LogP contribution in [0.3, 0.4) is 0 Å². The van der Waals surface area contributed by atoms with Gasteiger partial charge in [0.1, 0.15) is 5.39 Å². The molecule has 0 radical (unpaired) electrons. The maximum atomic E-state index is 11.4. The zero-order valence-electron chi connectivity index (χ0n) is 13.6. The Morgan fingerprint density at radius 2 is 2.12 bits per heavy atom. The third-order valence-corrected chi connectivity index (χ3v) is 4.66. The van der Waals surface area contributed by atoms with Gasteiger partial charge in [0.15, 0.2) is 0 Å². The van der Waals surface area contributed by atoms with E-state index in [9.17, 15) is 10.1 Å². The Morgan fingerprint density at radius 1 is 1.33 bits per heavy atom. The highest BCUT2D eigenvalue weighted by Gasteiger charge is 2.38. The third kappa shape index (κ3) is 2.36. The van der Waals surface area contributed by atoms with Crippen molar-refractivity contribution >= 4 is 16.6 Å². The molecule has 1 aliphatic rings. The molecular weight excluding hydrogens is 306 g/mol. The summed E-state index contributed by atoms with van der Waals surface area (Å²) in [4.78, 5) is 11.1. The first-order chi connectivity index (χ1) is 11.6. The molecule has 1 unspecified atom stereocenters. The molecule has 0 spiro atoms. The van der Waals surface area contributed by atoms with E-state index in [1.54, 1.807) is 6.07 Å². The number of fused-ring (bicyclic) bond motifs is 1. The van der Waals surface area contributed by atoms with Gasteiger partial charge < -0.3 is 0 Å². The SMILES string of the molecule is CC(C)n1ccc(C(c2n[nH]c3cccc([N+](=O)[O-])c23)C2CC2)n1. The summed E-state index contributed by atoms with van der Waals surface area (Å²) in [6.45, 7) is 4.16. The summed E-state index contributed by atoms with van der Waals surface area (Å²) in [6.07, 6.45) is 4.18. The molecule has 2 aromatic heterocycles. The summed E-state index contributed by atoms with van der Waals surface area (Å²) in [7, 11) is 0. The number of aromatic nitrogens is 4. The van der Waals surface area contributed by atoms with Crippen molar-refractivity contribution < 1.29 is 4.92 Å². The molecule has 0 saturated heterocycles. The Morgan fingerprint density at radius 3 is 2.75 bits per heavy atom. The van der Waals surface area contributed by atoms with Crippen LogP contribution in [0.25, 0.3) is 10.9 Å². The average molecular weight is 325 g/mol. The fourth-order valence-corrected chi connectivity index (χ4v) is 3.30.